The summed E-state index contributed by atoms with van der Waals surface area (Å²) >= 11 is 3.34. The molecule has 0 unspecified atom stereocenters. The number of nitrogens with one attached hydrogen (secondary N) is 1. The van der Waals surface area contributed by atoms with Gasteiger partial charge in [-0.3, -0.25) is 4.79 Å². The number of nitrogens with zero attached hydrogens (tertiary/aromatic N) is 4. The summed E-state index contributed by atoms with van der Waals surface area (Å²) in [5.74, 6) is 0.404. The summed E-state index contributed by atoms with van der Waals surface area (Å²) in [6.45, 7) is 2.23. The van der Waals surface area contributed by atoms with Gasteiger partial charge in [0.05, 0.1) is 11.3 Å². The number of halogens is 1. The Morgan fingerprint density at radius 2 is 1.75 bits per heavy atom. The SMILES string of the molecule is O=C(NCCCS(=O)(=O)N1CCN(c2ncccn2)CC1)c1ccccc1Br. The first-order valence-electron chi connectivity index (χ1n) is 9.00. The molecule has 0 spiro atoms. The Balaban J connectivity index is 1.43. The number of piperazine rings is 1. The van der Waals surface area contributed by atoms with Crippen LogP contribution in [0.1, 0.15) is 16.8 Å². The van der Waals surface area contributed by atoms with E-state index in [1.165, 1.54) is 4.31 Å². The van der Waals surface area contributed by atoms with Crippen molar-refractivity contribution in [2.75, 3.05) is 43.4 Å². The molecule has 1 aromatic carbocycles. The molecule has 150 valence electrons. The van der Waals surface area contributed by atoms with Crippen molar-refractivity contribution in [2.45, 2.75) is 6.42 Å². The molecule has 0 radical (unpaired) electrons. The molecule has 1 saturated heterocycles. The number of hydrogen-bond acceptors (Lipinski definition) is 6. The normalized spacial score (nSPS) is 15.4. The second-order valence-corrected chi connectivity index (χ2v) is 9.28. The number of amides is 1. The summed E-state index contributed by atoms with van der Waals surface area (Å²) < 4.78 is 27.3. The van der Waals surface area contributed by atoms with Gasteiger partial charge in [-0.15, -0.1) is 0 Å². The zero-order valence-corrected chi connectivity index (χ0v) is 17.7. The maximum absolute atomic E-state index is 12.6. The first-order chi connectivity index (χ1) is 13.5. The van der Waals surface area contributed by atoms with Crippen molar-refractivity contribution in [3.63, 3.8) is 0 Å². The number of anilines is 1. The number of sulfonamides is 1. The zero-order chi connectivity index (χ0) is 20.0. The Morgan fingerprint density at radius 1 is 1.07 bits per heavy atom. The smallest absolute Gasteiger partial charge is 0.252 e. The highest BCUT2D eigenvalue weighted by Gasteiger charge is 2.27. The standard InChI is InChI=1S/C18H22BrN5O3S/c19-16-6-2-1-5-15(16)17(25)20-9-4-14-28(26,27)24-12-10-23(11-13-24)18-21-7-3-8-22-18/h1-3,5-8H,4,9-14H2,(H,20,25). The van der Waals surface area contributed by atoms with Crippen LogP contribution < -0.4 is 10.2 Å². The third-order valence-electron chi connectivity index (χ3n) is 4.45. The van der Waals surface area contributed by atoms with Crippen molar-refractivity contribution in [3.05, 3.63) is 52.8 Å². The van der Waals surface area contributed by atoms with Crippen molar-refractivity contribution in [2.24, 2.45) is 0 Å². The Morgan fingerprint density at radius 3 is 2.43 bits per heavy atom. The molecular weight excluding hydrogens is 446 g/mol. The summed E-state index contributed by atoms with van der Waals surface area (Å²) in [4.78, 5) is 22.5. The lowest BCUT2D eigenvalue weighted by Crippen LogP contribution is -2.49. The van der Waals surface area contributed by atoms with Gasteiger partial charge in [0.25, 0.3) is 5.91 Å². The first-order valence-corrected chi connectivity index (χ1v) is 11.4. The minimum Gasteiger partial charge on any atom is -0.352 e. The molecule has 8 nitrogen and oxygen atoms in total. The van der Waals surface area contributed by atoms with E-state index in [1.54, 1.807) is 36.7 Å². The van der Waals surface area contributed by atoms with Crippen LogP contribution in [0.15, 0.2) is 47.2 Å². The van der Waals surface area contributed by atoms with Crippen molar-refractivity contribution in [1.29, 1.82) is 0 Å². The van der Waals surface area contributed by atoms with E-state index in [4.69, 9.17) is 0 Å². The second kappa shape index (κ2) is 9.44. The van der Waals surface area contributed by atoms with Crippen LogP contribution >= 0.6 is 15.9 Å². The Hall–Kier alpha value is -2.04. The molecule has 0 saturated carbocycles. The number of benzene rings is 1. The Kier molecular flexibility index (Phi) is 6.97. The topological polar surface area (TPSA) is 95.5 Å². The molecule has 1 fully saturated rings. The fourth-order valence-corrected chi connectivity index (χ4v) is 4.90. The minimum absolute atomic E-state index is 0.00504. The molecule has 0 bridgehead atoms. The third-order valence-corrected chi connectivity index (χ3v) is 7.10. The van der Waals surface area contributed by atoms with Crippen LogP contribution in [0.2, 0.25) is 0 Å². The molecule has 28 heavy (non-hydrogen) atoms. The van der Waals surface area contributed by atoms with Crippen LogP contribution in [-0.2, 0) is 10.0 Å². The van der Waals surface area contributed by atoms with Crippen molar-refractivity contribution in [3.8, 4) is 0 Å². The zero-order valence-electron chi connectivity index (χ0n) is 15.3. The molecule has 10 heteroatoms. The summed E-state index contributed by atoms with van der Waals surface area (Å²) in [5, 5.41) is 2.77. The third kappa shape index (κ3) is 5.27. The number of rotatable bonds is 7. The van der Waals surface area contributed by atoms with Crippen LogP contribution in [0.25, 0.3) is 0 Å². The number of carbonyl (C=O) groups is 1. The fraction of sp³-hybridized carbons (Fsp3) is 0.389. The molecule has 0 aliphatic carbocycles. The van der Waals surface area contributed by atoms with E-state index in [0.29, 0.717) is 55.1 Å². The lowest BCUT2D eigenvalue weighted by atomic mass is 10.2. The van der Waals surface area contributed by atoms with Gasteiger partial charge in [-0.1, -0.05) is 12.1 Å². The molecule has 2 heterocycles. The number of hydrogen-bond donors (Lipinski definition) is 1. The summed E-state index contributed by atoms with van der Waals surface area (Å²) in [6.07, 6.45) is 3.71. The maximum atomic E-state index is 12.6. The lowest BCUT2D eigenvalue weighted by molar-refractivity contribution is 0.0953. The van der Waals surface area contributed by atoms with Crippen LogP contribution in [-0.4, -0.2) is 67.1 Å². The highest BCUT2D eigenvalue weighted by molar-refractivity contribution is 9.10. The van der Waals surface area contributed by atoms with Crippen LogP contribution in [0, 0.1) is 0 Å². The van der Waals surface area contributed by atoms with E-state index in [0.717, 1.165) is 0 Å². The monoisotopic (exact) mass is 467 g/mol. The van der Waals surface area contributed by atoms with Crippen LogP contribution in [0.3, 0.4) is 0 Å². The van der Waals surface area contributed by atoms with Gasteiger partial charge in [0, 0.05) is 49.6 Å². The molecule has 1 amide bonds. The van der Waals surface area contributed by atoms with Gasteiger partial charge in [0.2, 0.25) is 16.0 Å². The van der Waals surface area contributed by atoms with E-state index in [-0.39, 0.29) is 11.7 Å². The van der Waals surface area contributed by atoms with Gasteiger partial charge in [-0.25, -0.2) is 18.4 Å². The van der Waals surface area contributed by atoms with E-state index in [2.05, 4.69) is 31.2 Å². The van der Waals surface area contributed by atoms with E-state index >= 15 is 0 Å². The van der Waals surface area contributed by atoms with Crippen molar-refractivity contribution in [1.82, 2.24) is 19.6 Å². The number of aromatic nitrogens is 2. The summed E-state index contributed by atoms with van der Waals surface area (Å²) in [7, 11) is -3.35. The van der Waals surface area contributed by atoms with E-state index < -0.39 is 10.0 Å². The quantitative estimate of drug-likeness (QED) is 0.620. The largest absolute Gasteiger partial charge is 0.352 e. The van der Waals surface area contributed by atoms with Gasteiger partial charge in [-0.2, -0.15) is 4.31 Å². The molecule has 1 N–H and O–H groups in total. The van der Waals surface area contributed by atoms with Gasteiger partial charge in [0.15, 0.2) is 0 Å². The van der Waals surface area contributed by atoms with Crippen molar-refractivity contribution >= 4 is 37.8 Å². The van der Waals surface area contributed by atoms with E-state index in [9.17, 15) is 13.2 Å². The van der Waals surface area contributed by atoms with Crippen LogP contribution in [0.5, 0.6) is 0 Å². The van der Waals surface area contributed by atoms with Gasteiger partial charge < -0.3 is 10.2 Å². The Labute approximate surface area is 173 Å². The molecule has 1 aromatic heterocycles. The van der Waals surface area contributed by atoms with Gasteiger partial charge >= 0.3 is 0 Å². The fourth-order valence-electron chi connectivity index (χ4n) is 2.95. The van der Waals surface area contributed by atoms with E-state index in [1.807, 2.05) is 11.0 Å². The second-order valence-electron chi connectivity index (χ2n) is 6.34. The predicted molar refractivity (Wildman–Crippen MR) is 111 cm³/mol. The predicted octanol–water partition coefficient (Wildman–Crippen LogP) is 1.51. The molecule has 3 rings (SSSR count). The summed E-state index contributed by atoms with van der Waals surface area (Å²) in [5.41, 5.74) is 0.532. The maximum Gasteiger partial charge on any atom is 0.252 e. The molecule has 2 aromatic rings. The van der Waals surface area contributed by atoms with Crippen molar-refractivity contribution < 1.29 is 13.2 Å². The van der Waals surface area contributed by atoms with Gasteiger partial charge in [-0.05, 0) is 40.5 Å². The highest BCUT2D eigenvalue weighted by atomic mass is 79.9. The molecule has 1 aliphatic heterocycles. The molecule has 1 aliphatic rings. The minimum atomic E-state index is -3.35. The number of carbonyl (C=O) groups excluding carboxylic acids is 1. The average molecular weight is 468 g/mol. The Bertz CT molecular complexity index is 902. The first kappa shape index (κ1) is 20.7. The molecule has 0 atom stereocenters. The van der Waals surface area contributed by atoms with Crippen LogP contribution in [0.4, 0.5) is 5.95 Å². The lowest BCUT2D eigenvalue weighted by Gasteiger charge is -2.33. The summed E-state index contributed by atoms with van der Waals surface area (Å²) in [6, 6.07) is 8.87. The molecular formula is C18H22BrN5O3S. The van der Waals surface area contributed by atoms with Gasteiger partial charge in [0.1, 0.15) is 0 Å². The highest BCUT2D eigenvalue weighted by Crippen LogP contribution is 2.16. The average Bonchev–Trinajstić information content (AvgIpc) is 2.72.